The molecule has 2 N–H and O–H groups in total. The van der Waals surface area contributed by atoms with E-state index in [0.717, 1.165) is 22.6 Å². The lowest BCUT2D eigenvalue weighted by Gasteiger charge is -2.37. The van der Waals surface area contributed by atoms with Crippen molar-refractivity contribution >= 4 is 11.7 Å². The smallest absolute Gasteiger partial charge is 0.256 e. The van der Waals surface area contributed by atoms with Gasteiger partial charge in [0.2, 0.25) is 0 Å². The number of carbonyl (C=O) groups is 1. The minimum atomic E-state index is -0.780. The first kappa shape index (κ1) is 24.7. The third-order valence-electron chi connectivity index (χ3n) is 6.82. The van der Waals surface area contributed by atoms with Crippen LogP contribution in [-0.4, -0.2) is 56.6 Å². The SMILES string of the molecule is CCc1ncnc(-c2ccc(C(=O)N3CCC(C(C)(C)O)CC3)c(F)c2)c1-c1ccc(NC)nc1. The van der Waals surface area contributed by atoms with Crippen molar-refractivity contribution < 1.29 is 14.3 Å². The molecular formula is C27H32FN5O2. The van der Waals surface area contributed by atoms with Crippen molar-refractivity contribution in [3.8, 4) is 22.4 Å². The first-order valence-electron chi connectivity index (χ1n) is 12.0. The third kappa shape index (κ3) is 5.17. The zero-order chi connectivity index (χ0) is 25.2. The number of anilines is 1. The fourth-order valence-electron chi connectivity index (χ4n) is 4.70. The van der Waals surface area contributed by atoms with Gasteiger partial charge in [0.15, 0.2) is 0 Å². The number of aromatic nitrogens is 3. The molecule has 1 aliphatic heterocycles. The van der Waals surface area contributed by atoms with Crippen LogP contribution >= 0.6 is 0 Å². The molecule has 8 heteroatoms. The molecule has 1 amide bonds. The van der Waals surface area contributed by atoms with Gasteiger partial charge in [-0.15, -0.1) is 0 Å². The average molecular weight is 478 g/mol. The Balaban J connectivity index is 1.63. The highest BCUT2D eigenvalue weighted by atomic mass is 19.1. The number of aliphatic hydroxyl groups is 1. The van der Waals surface area contributed by atoms with E-state index in [2.05, 4.69) is 20.3 Å². The number of pyridine rings is 1. The molecule has 3 aromatic rings. The fourth-order valence-corrected chi connectivity index (χ4v) is 4.70. The van der Waals surface area contributed by atoms with E-state index in [-0.39, 0.29) is 17.4 Å². The first-order chi connectivity index (χ1) is 16.7. The maximum absolute atomic E-state index is 15.3. The molecule has 35 heavy (non-hydrogen) atoms. The Bertz CT molecular complexity index is 1200. The van der Waals surface area contributed by atoms with Crippen LogP contribution in [0.15, 0.2) is 42.9 Å². The highest BCUT2D eigenvalue weighted by Crippen LogP contribution is 2.34. The molecule has 0 saturated carbocycles. The summed E-state index contributed by atoms with van der Waals surface area (Å²) in [4.78, 5) is 28.0. The van der Waals surface area contributed by atoms with Gasteiger partial charge in [-0.2, -0.15) is 0 Å². The average Bonchev–Trinajstić information content (AvgIpc) is 2.87. The van der Waals surface area contributed by atoms with Gasteiger partial charge in [0.05, 0.1) is 22.6 Å². The number of hydrogen-bond acceptors (Lipinski definition) is 6. The first-order valence-corrected chi connectivity index (χ1v) is 12.0. The van der Waals surface area contributed by atoms with Crippen molar-refractivity contribution in [1.82, 2.24) is 19.9 Å². The summed E-state index contributed by atoms with van der Waals surface area (Å²) in [5.74, 6) is -0.0410. The van der Waals surface area contributed by atoms with Crippen molar-refractivity contribution in [3.05, 3.63) is 59.9 Å². The highest BCUT2D eigenvalue weighted by molar-refractivity contribution is 5.95. The lowest BCUT2D eigenvalue weighted by molar-refractivity contribution is -0.0108. The maximum Gasteiger partial charge on any atom is 0.256 e. The second-order valence-corrected chi connectivity index (χ2v) is 9.49. The molecule has 0 atom stereocenters. The minimum absolute atomic E-state index is 0.0434. The molecule has 1 aromatic carbocycles. The second-order valence-electron chi connectivity index (χ2n) is 9.49. The Morgan fingerprint density at radius 1 is 1.14 bits per heavy atom. The summed E-state index contributed by atoms with van der Waals surface area (Å²) in [6.45, 7) is 6.60. The number of benzene rings is 1. The van der Waals surface area contributed by atoms with Gasteiger partial charge in [-0.05, 0) is 63.3 Å². The summed E-state index contributed by atoms with van der Waals surface area (Å²) in [5.41, 5.74) is 2.91. The van der Waals surface area contributed by atoms with Crippen molar-refractivity contribution in [1.29, 1.82) is 0 Å². The van der Waals surface area contributed by atoms with Crippen molar-refractivity contribution in [2.75, 3.05) is 25.5 Å². The van der Waals surface area contributed by atoms with Gasteiger partial charge in [0, 0.05) is 43.0 Å². The third-order valence-corrected chi connectivity index (χ3v) is 6.82. The summed E-state index contributed by atoms with van der Waals surface area (Å²) in [6.07, 6.45) is 5.30. The normalized spacial score (nSPS) is 14.7. The summed E-state index contributed by atoms with van der Waals surface area (Å²) in [7, 11) is 1.80. The lowest BCUT2D eigenvalue weighted by atomic mass is 9.83. The van der Waals surface area contributed by atoms with E-state index in [9.17, 15) is 9.90 Å². The molecule has 2 aromatic heterocycles. The number of rotatable bonds is 6. The Morgan fingerprint density at radius 3 is 2.43 bits per heavy atom. The van der Waals surface area contributed by atoms with Crippen LogP contribution in [0.1, 0.15) is 49.7 Å². The van der Waals surface area contributed by atoms with Crippen molar-refractivity contribution in [3.63, 3.8) is 0 Å². The van der Waals surface area contributed by atoms with Crippen LogP contribution < -0.4 is 5.32 Å². The van der Waals surface area contributed by atoms with E-state index < -0.39 is 11.4 Å². The van der Waals surface area contributed by atoms with E-state index >= 15 is 4.39 Å². The molecule has 1 fully saturated rings. The predicted octanol–water partition coefficient (Wildman–Crippen LogP) is 4.57. The zero-order valence-corrected chi connectivity index (χ0v) is 20.7. The standard InChI is InChI=1S/C27H32FN5O2/c1-5-22-24(18-7-9-23(29-4)30-15-18)25(32-16-31-22)17-6-8-20(21(28)14-17)26(34)33-12-10-19(11-13-33)27(2,3)35/h6-9,14-16,19,35H,5,10-13H2,1-4H3,(H,29,30). The van der Waals surface area contributed by atoms with Crippen LogP contribution in [0, 0.1) is 11.7 Å². The van der Waals surface area contributed by atoms with E-state index in [1.807, 2.05) is 19.1 Å². The monoisotopic (exact) mass is 477 g/mol. The minimum Gasteiger partial charge on any atom is -0.390 e. The molecule has 1 aliphatic rings. The molecule has 0 radical (unpaired) electrons. The number of carbonyl (C=O) groups excluding carboxylic acids is 1. The Kier molecular flexibility index (Phi) is 7.12. The molecule has 0 unspecified atom stereocenters. The quantitative estimate of drug-likeness (QED) is 0.540. The maximum atomic E-state index is 15.3. The number of nitrogens with one attached hydrogen (secondary N) is 1. The Labute approximate surface area is 205 Å². The molecule has 0 bridgehead atoms. The molecule has 4 rings (SSSR count). The number of halogens is 1. The highest BCUT2D eigenvalue weighted by Gasteiger charge is 2.32. The largest absolute Gasteiger partial charge is 0.390 e. The van der Waals surface area contributed by atoms with Gasteiger partial charge >= 0.3 is 0 Å². The van der Waals surface area contributed by atoms with Crippen LogP contribution in [0.3, 0.4) is 0 Å². The summed E-state index contributed by atoms with van der Waals surface area (Å²) >= 11 is 0. The fraction of sp³-hybridized carbons (Fsp3) is 0.407. The molecule has 0 aliphatic carbocycles. The molecule has 0 spiro atoms. The number of aryl methyl sites for hydroxylation is 1. The number of nitrogens with zero attached hydrogens (tertiary/aromatic N) is 4. The van der Waals surface area contributed by atoms with Gasteiger partial charge in [0.1, 0.15) is 18.0 Å². The van der Waals surface area contributed by atoms with Crippen molar-refractivity contribution in [2.24, 2.45) is 5.92 Å². The van der Waals surface area contributed by atoms with Gasteiger partial charge in [-0.25, -0.2) is 19.3 Å². The Hall–Kier alpha value is -3.39. The Morgan fingerprint density at radius 2 is 1.86 bits per heavy atom. The second kappa shape index (κ2) is 10.1. The summed E-state index contributed by atoms with van der Waals surface area (Å²) in [6, 6.07) is 8.45. The molecule has 3 heterocycles. The molecule has 1 saturated heterocycles. The van der Waals surface area contributed by atoms with Gasteiger partial charge in [-0.3, -0.25) is 4.79 Å². The zero-order valence-electron chi connectivity index (χ0n) is 20.7. The van der Waals surface area contributed by atoms with E-state index in [4.69, 9.17) is 0 Å². The van der Waals surface area contributed by atoms with Crippen molar-refractivity contribution in [2.45, 2.75) is 45.6 Å². The number of amides is 1. The van der Waals surface area contributed by atoms with E-state index in [1.54, 1.807) is 38.1 Å². The topological polar surface area (TPSA) is 91.2 Å². The van der Waals surface area contributed by atoms with Crippen LogP contribution in [-0.2, 0) is 6.42 Å². The van der Waals surface area contributed by atoms with Crippen LogP contribution in [0.4, 0.5) is 10.2 Å². The van der Waals surface area contributed by atoms with Gasteiger partial charge in [0.25, 0.3) is 5.91 Å². The lowest BCUT2D eigenvalue weighted by Crippen LogP contribution is -2.44. The van der Waals surface area contributed by atoms with Gasteiger partial charge in [-0.1, -0.05) is 13.0 Å². The molecule has 7 nitrogen and oxygen atoms in total. The summed E-state index contributed by atoms with van der Waals surface area (Å²) in [5, 5.41) is 13.3. The predicted molar refractivity (Wildman–Crippen MR) is 135 cm³/mol. The molecular weight excluding hydrogens is 445 g/mol. The van der Waals surface area contributed by atoms with Gasteiger partial charge < -0.3 is 15.3 Å². The van der Waals surface area contributed by atoms with Crippen LogP contribution in [0.5, 0.6) is 0 Å². The number of piperidine rings is 1. The number of likely N-dealkylation sites (tertiary alicyclic amines) is 1. The van der Waals surface area contributed by atoms with E-state index in [1.165, 1.54) is 18.5 Å². The summed E-state index contributed by atoms with van der Waals surface area (Å²) < 4.78 is 15.3. The molecule has 184 valence electrons. The number of hydrogen-bond donors (Lipinski definition) is 2. The van der Waals surface area contributed by atoms with Crippen LogP contribution in [0.25, 0.3) is 22.4 Å². The van der Waals surface area contributed by atoms with E-state index in [0.29, 0.717) is 43.6 Å². The van der Waals surface area contributed by atoms with Crippen LogP contribution in [0.2, 0.25) is 0 Å².